The first-order valence-electron chi connectivity index (χ1n) is 5.59. The molecule has 0 spiro atoms. The molecule has 1 unspecified atom stereocenters. The Morgan fingerprint density at radius 3 is 3.12 bits per heavy atom. The molecule has 0 amide bonds. The molecule has 1 aromatic heterocycles. The zero-order chi connectivity index (χ0) is 11.0. The molecule has 1 fully saturated rings. The Hall–Kier alpha value is -1.06. The summed E-state index contributed by atoms with van der Waals surface area (Å²) in [5.41, 5.74) is 1.06. The highest BCUT2D eigenvalue weighted by molar-refractivity contribution is 6.31. The highest BCUT2D eigenvalue weighted by atomic mass is 35.5. The molecule has 3 nitrogen and oxygen atoms in total. The van der Waals surface area contributed by atoms with E-state index in [2.05, 4.69) is 5.10 Å². The van der Waals surface area contributed by atoms with Crippen molar-refractivity contribution >= 4 is 22.5 Å². The first-order valence-corrected chi connectivity index (χ1v) is 5.97. The van der Waals surface area contributed by atoms with Gasteiger partial charge in [0.1, 0.15) is 0 Å². The summed E-state index contributed by atoms with van der Waals surface area (Å²) in [7, 11) is 0. The zero-order valence-corrected chi connectivity index (χ0v) is 9.65. The minimum absolute atomic E-state index is 0.0738. The van der Waals surface area contributed by atoms with Crippen molar-refractivity contribution in [2.75, 3.05) is 6.61 Å². The molecule has 84 valence electrons. The van der Waals surface area contributed by atoms with Crippen LogP contribution in [0.25, 0.3) is 10.9 Å². The van der Waals surface area contributed by atoms with Crippen LogP contribution in [-0.4, -0.2) is 16.4 Å². The molecule has 2 aromatic rings. The van der Waals surface area contributed by atoms with Crippen LogP contribution >= 0.6 is 11.6 Å². The fourth-order valence-corrected chi connectivity index (χ4v) is 2.32. The standard InChI is InChI=1S/C12H13ClN2O/c13-10-5-4-9-8-14-15(11(9)7-10)12-3-1-2-6-16-12/h4-5,7-8,12H,1-3,6H2. The number of fused-ring (bicyclic) bond motifs is 1. The van der Waals surface area contributed by atoms with Gasteiger partial charge in [0.05, 0.1) is 11.7 Å². The summed E-state index contributed by atoms with van der Waals surface area (Å²) >= 11 is 6.00. The van der Waals surface area contributed by atoms with Crippen molar-refractivity contribution in [2.24, 2.45) is 0 Å². The van der Waals surface area contributed by atoms with Crippen molar-refractivity contribution in [1.82, 2.24) is 9.78 Å². The molecule has 1 atom stereocenters. The summed E-state index contributed by atoms with van der Waals surface area (Å²) in [4.78, 5) is 0. The van der Waals surface area contributed by atoms with Crippen molar-refractivity contribution in [2.45, 2.75) is 25.5 Å². The van der Waals surface area contributed by atoms with Gasteiger partial charge in [0.2, 0.25) is 0 Å². The Bertz CT molecular complexity index is 503. The molecule has 0 aliphatic carbocycles. The normalized spacial score (nSPS) is 21.4. The number of aromatic nitrogens is 2. The van der Waals surface area contributed by atoms with Crippen LogP contribution in [0.15, 0.2) is 24.4 Å². The average molecular weight is 237 g/mol. The summed E-state index contributed by atoms with van der Waals surface area (Å²) < 4.78 is 7.67. The maximum absolute atomic E-state index is 6.00. The molecule has 1 aliphatic heterocycles. The molecule has 0 saturated carbocycles. The summed E-state index contributed by atoms with van der Waals surface area (Å²) in [6, 6.07) is 5.82. The molecule has 0 bridgehead atoms. The van der Waals surface area contributed by atoms with E-state index in [4.69, 9.17) is 16.3 Å². The van der Waals surface area contributed by atoms with Crippen LogP contribution < -0.4 is 0 Å². The van der Waals surface area contributed by atoms with E-state index in [0.717, 1.165) is 35.4 Å². The van der Waals surface area contributed by atoms with Gasteiger partial charge in [0.25, 0.3) is 0 Å². The number of hydrogen-bond acceptors (Lipinski definition) is 2. The fraction of sp³-hybridized carbons (Fsp3) is 0.417. The third kappa shape index (κ3) is 1.70. The van der Waals surface area contributed by atoms with Gasteiger partial charge in [-0.15, -0.1) is 0 Å². The second kappa shape index (κ2) is 4.07. The number of hydrogen-bond donors (Lipinski definition) is 0. The van der Waals surface area contributed by atoms with Gasteiger partial charge < -0.3 is 4.74 Å². The van der Waals surface area contributed by atoms with E-state index in [-0.39, 0.29) is 6.23 Å². The molecule has 1 aromatic carbocycles. The third-order valence-electron chi connectivity index (χ3n) is 2.99. The molecule has 2 heterocycles. The van der Waals surface area contributed by atoms with E-state index in [1.165, 1.54) is 6.42 Å². The Kier molecular flexibility index (Phi) is 2.58. The predicted molar refractivity (Wildman–Crippen MR) is 63.6 cm³/mol. The van der Waals surface area contributed by atoms with Gasteiger partial charge in [0.15, 0.2) is 6.23 Å². The highest BCUT2D eigenvalue weighted by Gasteiger charge is 2.18. The van der Waals surface area contributed by atoms with Gasteiger partial charge in [-0.25, -0.2) is 4.68 Å². The molecule has 0 radical (unpaired) electrons. The number of rotatable bonds is 1. The third-order valence-corrected chi connectivity index (χ3v) is 3.22. The molecule has 4 heteroatoms. The van der Waals surface area contributed by atoms with Crippen LogP contribution in [-0.2, 0) is 4.74 Å². The van der Waals surface area contributed by atoms with E-state index in [1.54, 1.807) is 0 Å². The highest BCUT2D eigenvalue weighted by Crippen LogP contribution is 2.27. The minimum Gasteiger partial charge on any atom is -0.356 e. The lowest BCUT2D eigenvalue weighted by atomic mass is 10.2. The van der Waals surface area contributed by atoms with Crippen LogP contribution in [0.1, 0.15) is 25.5 Å². The summed E-state index contributed by atoms with van der Waals surface area (Å²) in [6.45, 7) is 0.826. The van der Waals surface area contributed by atoms with E-state index >= 15 is 0 Å². The zero-order valence-electron chi connectivity index (χ0n) is 8.90. The molecule has 0 N–H and O–H groups in total. The summed E-state index contributed by atoms with van der Waals surface area (Å²) in [5, 5.41) is 6.24. The Balaban J connectivity index is 2.05. The molecular weight excluding hydrogens is 224 g/mol. The van der Waals surface area contributed by atoms with Crippen molar-refractivity contribution in [3.63, 3.8) is 0 Å². The lowest BCUT2D eigenvalue weighted by molar-refractivity contribution is -0.0366. The van der Waals surface area contributed by atoms with Gasteiger partial charge in [0, 0.05) is 17.0 Å². The number of halogens is 1. The van der Waals surface area contributed by atoms with E-state index in [0.29, 0.717) is 0 Å². The average Bonchev–Trinajstić information content (AvgIpc) is 2.73. The van der Waals surface area contributed by atoms with E-state index in [9.17, 15) is 0 Å². The van der Waals surface area contributed by atoms with Crippen LogP contribution in [0.2, 0.25) is 5.02 Å². The van der Waals surface area contributed by atoms with Gasteiger partial charge >= 0.3 is 0 Å². The second-order valence-corrected chi connectivity index (χ2v) is 4.55. The Labute approximate surface area is 99.0 Å². The first-order chi connectivity index (χ1) is 7.84. The van der Waals surface area contributed by atoms with Crippen molar-refractivity contribution in [3.8, 4) is 0 Å². The number of benzene rings is 1. The van der Waals surface area contributed by atoms with E-state index < -0.39 is 0 Å². The van der Waals surface area contributed by atoms with Crippen LogP contribution in [0.3, 0.4) is 0 Å². The number of ether oxygens (including phenoxy) is 1. The molecule has 1 aliphatic rings. The van der Waals surface area contributed by atoms with Crippen LogP contribution in [0.5, 0.6) is 0 Å². The quantitative estimate of drug-likeness (QED) is 0.759. The molecule has 1 saturated heterocycles. The van der Waals surface area contributed by atoms with Crippen molar-refractivity contribution in [1.29, 1.82) is 0 Å². The first kappa shape index (κ1) is 10.1. The maximum Gasteiger partial charge on any atom is 0.150 e. The van der Waals surface area contributed by atoms with Gasteiger partial charge in [-0.1, -0.05) is 11.6 Å². The van der Waals surface area contributed by atoms with Gasteiger partial charge in [-0.2, -0.15) is 5.10 Å². The predicted octanol–water partition coefficient (Wildman–Crippen LogP) is 3.39. The maximum atomic E-state index is 6.00. The van der Waals surface area contributed by atoms with E-state index in [1.807, 2.05) is 29.1 Å². The van der Waals surface area contributed by atoms with Crippen molar-refractivity contribution in [3.05, 3.63) is 29.4 Å². The van der Waals surface area contributed by atoms with Gasteiger partial charge in [-0.05, 0) is 37.5 Å². The largest absolute Gasteiger partial charge is 0.356 e. The summed E-state index contributed by atoms with van der Waals surface area (Å²) in [5.74, 6) is 0. The minimum atomic E-state index is 0.0738. The fourth-order valence-electron chi connectivity index (χ4n) is 2.16. The molecule has 3 rings (SSSR count). The van der Waals surface area contributed by atoms with Crippen molar-refractivity contribution < 1.29 is 4.74 Å². The second-order valence-electron chi connectivity index (χ2n) is 4.11. The Morgan fingerprint density at radius 1 is 1.38 bits per heavy atom. The SMILES string of the molecule is Clc1ccc2cnn(C3CCCCO3)c2c1. The molecular formula is C12H13ClN2O. The van der Waals surface area contributed by atoms with Crippen LogP contribution in [0.4, 0.5) is 0 Å². The monoisotopic (exact) mass is 236 g/mol. The lowest BCUT2D eigenvalue weighted by Crippen LogP contribution is -2.18. The smallest absolute Gasteiger partial charge is 0.150 e. The topological polar surface area (TPSA) is 27.1 Å². The van der Waals surface area contributed by atoms with Crippen LogP contribution in [0, 0.1) is 0 Å². The molecule has 16 heavy (non-hydrogen) atoms. The Morgan fingerprint density at radius 2 is 2.31 bits per heavy atom. The van der Waals surface area contributed by atoms with Gasteiger partial charge in [-0.3, -0.25) is 0 Å². The number of nitrogens with zero attached hydrogens (tertiary/aromatic N) is 2. The lowest BCUT2D eigenvalue weighted by Gasteiger charge is -2.23. The summed E-state index contributed by atoms with van der Waals surface area (Å²) in [6.07, 6.45) is 5.32.